The molecule has 0 atom stereocenters. The van der Waals surface area contributed by atoms with Crippen molar-refractivity contribution >= 4 is 11.6 Å². The molecule has 0 aromatic heterocycles. The van der Waals surface area contributed by atoms with Crippen molar-refractivity contribution in [2.75, 3.05) is 19.0 Å². The first-order valence-electron chi connectivity index (χ1n) is 6.91. The minimum Gasteiger partial charge on any atom is -0.383 e. The van der Waals surface area contributed by atoms with Crippen LogP contribution in [0.3, 0.4) is 0 Å². The van der Waals surface area contributed by atoms with E-state index in [1.807, 2.05) is 31.1 Å². The van der Waals surface area contributed by atoms with Gasteiger partial charge in [0, 0.05) is 26.3 Å². The number of benzene rings is 1. The Morgan fingerprint density at radius 2 is 1.90 bits per heavy atom. The molecule has 1 fully saturated rings. The molecule has 1 amide bonds. The highest BCUT2D eigenvalue weighted by Gasteiger charge is 2.60. The van der Waals surface area contributed by atoms with Crippen molar-refractivity contribution in [1.82, 2.24) is 5.32 Å². The molecule has 21 heavy (non-hydrogen) atoms. The molecule has 0 radical (unpaired) electrons. The van der Waals surface area contributed by atoms with E-state index in [1.54, 1.807) is 12.1 Å². The highest BCUT2D eigenvalue weighted by molar-refractivity contribution is 5.85. The molecule has 0 heterocycles. The van der Waals surface area contributed by atoms with E-state index in [2.05, 4.69) is 5.32 Å². The first-order valence-corrected chi connectivity index (χ1v) is 6.91. The van der Waals surface area contributed by atoms with Crippen molar-refractivity contribution in [3.63, 3.8) is 0 Å². The maximum Gasteiger partial charge on any atom is 0.352 e. The van der Waals surface area contributed by atoms with Crippen molar-refractivity contribution in [3.05, 3.63) is 29.8 Å². The van der Waals surface area contributed by atoms with E-state index in [1.165, 1.54) is 0 Å². The van der Waals surface area contributed by atoms with Gasteiger partial charge in [0.25, 0.3) is 5.91 Å². The number of halogens is 2. The van der Waals surface area contributed by atoms with E-state index in [-0.39, 0.29) is 19.4 Å². The minimum atomic E-state index is -3.74. The summed E-state index contributed by atoms with van der Waals surface area (Å²) in [4.78, 5) is 13.5. The lowest BCUT2D eigenvalue weighted by Crippen LogP contribution is -2.60. The first-order chi connectivity index (χ1) is 9.76. The number of aliphatic hydroxyl groups is 1. The average molecular weight is 298 g/mol. The number of hydrogen-bond acceptors (Lipinski definition) is 3. The quantitative estimate of drug-likeness (QED) is 0.873. The maximum absolute atomic E-state index is 13.9. The Morgan fingerprint density at radius 1 is 1.33 bits per heavy atom. The molecule has 1 aromatic carbocycles. The van der Waals surface area contributed by atoms with Crippen LogP contribution in [-0.2, 0) is 11.3 Å². The van der Waals surface area contributed by atoms with Gasteiger partial charge in [-0.05, 0) is 37.0 Å². The Balaban J connectivity index is 1.94. The Kier molecular flexibility index (Phi) is 4.18. The Bertz CT molecular complexity index is 511. The molecule has 1 saturated carbocycles. The third-order valence-electron chi connectivity index (χ3n) is 3.96. The number of amides is 1. The van der Waals surface area contributed by atoms with Crippen molar-refractivity contribution in [3.8, 4) is 0 Å². The number of nitrogens with one attached hydrogen (secondary N) is 1. The molecule has 6 heteroatoms. The van der Waals surface area contributed by atoms with Crippen molar-refractivity contribution < 1.29 is 18.7 Å². The third-order valence-corrected chi connectivity index (χ3v) is 3.96. The summed E-state index contributed by atoms with van der Waals surface area (Å²) in [6.07, 6.45) is 0.446. The Morgan fingerprint density at radius 3 is 2.33 bits per heavy atom. The number of carbonyl (C=O) groups is 1. The average Bonchev–Trinajstić information content (AvgIpc) is 2.42. The number of carbonyl (C=O) groups excluding carboxylic acids is 1. The molecule has 116 valence electrons. The van der Waals surface area contributed by atoms with Crippen LogP contribution >= 0.6 is 0 Å². The predicted octanol–water partition coefficient (Wildman–Crippen LogP) is 1.92. The van der Waals surface area contributed by atoms with Crippen LogP contribution in [0.2, 0.25) is 0 Å². The number of nitrogens with zero attached hydrogens (tertiary/aromatic N) is 1. The summed E-state index contributed by atoms with van der Waals surface area (Å²) in [6, 6.07) is 7.23. The van der Waals surface area contributed by atoms with E-state index in [4.69, 9.17) is 0 Å². The molecule has 0 aliphatic heterocycles. The van der Waals surface area contributed by atoms with Gasteiger partial charge in [-0.2, -0.15) is 8.78 Å². The van der Waals surface area contributed by atoms with Gasteiger partial charge < -0.3 is 15.3 Å². The molecule has 0 saturated heterocycles. The second-order valence-corrected chi connectivity index (χ2v) is 5.70. The molecular formula is C15H20F2N2O2. The topological polar surface area (TPSA) is 52.6 Å². The van der Waals surface area contributed by atoms with Gasteiger partial charge in [-0.15, -0.1) is 0 Å². The fourth-order valence-electron chi connectivity index (χ4n) is 2.24. The van der Waals surface area contributed by atoms with Gasteiger partial charge in [-0.25, -0.2) is 0 Å². The summed E-state index contributed by atoms with van der Waals surface area (Å²) < 4.78 is 27.7. The lowest BCUT2D eigenvalue weighted by atomic mass is 9.75. The minimum absolute atomic E-state index is 0.0121. The SMILES string of the molecule is CN(C)c1ccc(CNC(=O)C(F)(F)C2(O)CCC2)cc1. The largest absolute Gasteiger partial charge is 0.383 e. The van der Waals surface area contributed by atoms with Gasteiger partial charge in [0.2, 0.25) is 0 Å². The molecule has 1 aromatic rings. The molecule has 1 aliphatic rings. The lowest BCUT2D eigenvalue weighted by Gasteiger charge is -2.41. The molecule has 1 aliphatic carbocycles. The number of alkyl halides is 2. The van der Waals surface area contributed by atoms with E-state index < -0.39 is 17.4 Å². The molecule has 0 spiro atoms. The number of rotatable bonds is 5. The second-order valence-electron chi connectivity index (χ2n) is 5.70. The second kappa shape index (κ2) is 5.60. The van der Waals surface area contributed by atoms with E-state index >= 15 is 0 Å². The highest BCUT2D eigenvalue weighted by atomic mass is 19.3. The summed E-state index contributed by atoms with van der Waals surface area (Å²) in [6.45, 7) is 0.0121. The van der Waals surface area contributed by atoms with Crippen molar-refractivity contribution in [2.24, 2.45) is 0 Å². The zero-order valence-electron chi connectivity index (χ0n) is 12.2. The van der Waals surface area contributed by atoms with Gasteiger partial charge in [-0.1, -0.05) is 12.1 Å². The predicted molar refractivity (Wildman–Crippen MR) is 76.4 cm³/mol. The Hall–Kier alpha value is -1.69. The summed E-state index contributed by atoms with van der Waals surface area (Å²) in [7, 11) is 3.80. The van der Waals surface area contributed by atoms with Gasteiger partial charge in [0.15, 0.2) is 0 Å². The number of hydrogen-bond donors (Lipinski definition) is 2. The maximum atomic E-state index is 13.9. The summed E-state index contributed by atoms with van der Waals surface area (Å²) in [5, 5.41) is 11.9. The van der Waals surface area contributed by atoms with Crippen LogP contribution < -0.4 is 10.2 Å². The lowest BCUT2D eigenvalue weighted by molar-refractivity contribution is -0.216. The molecule has 2 N–H and O–H groups in total. The van der Waals surface area contributed by atoms with Crippen LogP contribution in [0.4, 0.5) is 14.5 Å². The molecule has 4 nitrogen and oxygen atoms in total. The van der Waals surface area contributed by atoms with Gasteiger partial charge >= 0.3 is 5.92 Å². The molecule has 2 rings (SSSR count). The fraction of sp³-hybridized carbons (Fsp3) is 0.533. The van der Waals surface area contributed by atoms with Crippen molar-refractivity contribution in [1.29, 1.82) is 0 Å². The first kappa shape index (κ1) is 15.7. The van der Waals surface area contributed by atoms with E-state index in [0.717, 1.165) is 11.3 Å². The van der Waals surface area contributed by atoms with Crippen LogP contribution in [0.15, 0.2) is 24.3 Å². The van der Waals surface area contributed by atoms with Crippen LogP contribution in [-0.4, -0.2) is 36.6 Å². The van der Waals surface area contributed by atoms with Gasteiger partial charge in [0.05, 0.1) is 0 Å². The standard InChI is InChI=1S/C15H20F2N2O2/c1-19(2)12-6-4-11(5-7-12)10-18-13(20)15(16,17)14(21)8-3-9-14/h4-7,21H,3,8-10H2,1-2H3,(H,18,20). The Labute approximate surface area is 122 Å². The monoisotopic (exact) mass is 298 g/mol. The normalized spacial score (nSPS) is 17.0. The zero-order valence-corrected chi connectivity index (χ0v) is 12.2. The molecule has 0 unspecified atom stereocenters. The number of anilines is 1. The van der Waals surface area contributed by atoms with Crippen LogP contribution in [0.25, 0.3) is 0 Å². The van der Waals surface area contributed by atoms with Crippen molar-refractivity contribution in [2.45, 2.75) is 37.3 Å². The van der Waals surface area contributed by atoms with E-state index in [0.29, 0.717) is 6.42 Å². The van der Waals surface area contributed by atoms with Crippen LogP contribution in [0, 0.1) is 0 Å². The summed E-state index contributed by atoms with van der Waals surface area (Å²) >= 11 is 0. The van der Waals surface area contributed by atoms with Gasteiger partial charge in [0.1, 0.15) is 5.60 Å². The molecule has 0 bridgehead atoms. The molecular weight excluding hydrogens is 278 g/mol. The summed E-state index contributed by atoms with van der Waals surface area (Å²) in [5.41, 5.74) is -0.462. The van der Waals surface area contributed by atoms with Gasteiger partial charge in [-0.3, -0.25) is 4.79 Å². The zero-order chi connectivity index (χ0) is 15.7. The summed E-state index contributed by atoms with van der Waals surface area (Å²) in [5.74, 6) is -5.16. The van der Waals surface area contributed by atoms with Crippen LogP contribution in [0.1, 0.15) is 24.8 Å². The fourth-order valence-corrected chi connectivity index (χ4v) is 2.24. The third kappa shape index (κ3) is 3.00. The van der Waals surface area contributed by atoms with E-state index in [9.17, 15) is 18.7 Å². The van der Waals surface area contributed by atoms with Crippen LogP contribution in [0.5, 0.6) is 0 Å². The highest BCUT2D eigenvalue weighted by Crippen LogP contribution is 2.44. The smallest absolute Gasteiger partial charge is 0.352 e.